The molecule has 3 aromatic rings. The highest BCUT2D eigenvalue weighted by atomic mass is 35.5. The van der Waals surface area contributed by atoms with E-state index in [1.807, 2.05) is 0 Å². The van der Waals surface area contributed by atoms with Crippen LogP contribution in [0.4, 0.5) is 9.93 Å². The molecule has 1 aliphatic carbocycles. The normalized spacial score (nSPS) is 20.1. The minimum atomic E-state index is -3.52. The summed E-state index contributed by atoms with van der Waals surface area (Å²) in [6, 6.07) is 10.5. The average Bonchev–Trinajstić information content (AvgIpc) is 3.33. The number of carbonyl (C=O) groups is 2. The molecule has 0 spiro atoms. The second-order valence-electron chi connectivity index (χ2n) is 9.25. The number of amides is 3. The molecule has 184 valence electrons. The van der Waals surface area contributed by atoms with E-state index in [2.05, 4.69) is 20.9 Å². The van der Waals surface area contributed by atoms with E-state index < -0.39 is 21.8 Å². The number of nitrogens with zero attached hydrogens (tertiary/aromatic N) is 1. The highest BCUT2D eigenvalue weighted by molar-refractivity contribution is 7.91. The van der Waals surface area contributed by atoms with Crippen molar-refractivity contribution in [3.63, 3.8) is 0 Å². The molecule has 0 radical (unpaired) electrons. The van der Waals surface area contributed by atoms with Crippen molar-refractivity contribution in [3.8, 4) is 0 Å². The summed E-state index contributed by atoms with van der Waals surface area (Å²) in [5.41, 5.74) is 0.398. The second kappa shape index (κ2) is 9.50. The van der Waals surface area contributed by atoms with Crippen LogP contribution in [0.1, 0.15) is 42.5 Å². The van der Waals surface area contributed by atoms with Gasteiger partial charge < -0.3 is 5.32 Å². The van der Waals surface area contributed by atoms with Crippen LogP contribution in [0.15, 0.2) is 47.4 Å². The van der Waals surface area contributed by atoms with Crippen LogP contribution >= 0.6 is 22.9 Å². The zero-order valence-corrected chi connectivity index (χ0v) is 21.2. The van der Waals surface area contributed by atoms with Gasteiger partial charge >= 0.3 is 6.03 Å². The Morgan fingerprint density at radius 3 is 2.71 bits per heavy atom. The smallest absolute Gasteiger partial charge is 0.310 e. The first-order chi connectivity index (χ1) is 16.7. The van der Waals surface area contributed by atoms with E-state index in [0.717, 1.165) is 37.1 Å². The van der Waals surface area contributed by atoms with Gasteiger partial charge in [-0.3, -0.25) is 15.4 Å². The number of anilines is 1. The number of carbonyl (C=O) groups excluding carboxylic acids is 2. The van der Waals surface area contributed by atoms with Crippen LogP contribution in [-0.2, 0) is 9.84 Å². The van der Waals surface area contributed by atoms with Gasteiger partial charge in [0.2, 0.25) is 0 Å². The molecule has 2 fully saturated rings. The van der Waals surface area contributed by atoms with Crippen LogP contribution in [0.2, 0.25) is 5.02 Å². The lowest BCUT2D eigenvalue weighted by atomic mass is 9.93. The number of fused-ring (bicyclic) bond motifs is 1. The standard InChI is InChI=1S/C24H25ClN4O4S2/c25-18-5-2-1-4-17(18)21(30)28-22(31)29-23-27-19-9-8-16(12-20(19)34-23)35(32,33)14-24(10-3-11-26-24)13-15-6-7-15/h1-2,4-5,8-9,12,15,26H,3,6-7,10-11,13-14H2,(H2,27,28,29,30,31)/t24-/m1/s1. The molecule has 1 aromatic heterocycles. The van der Waals surface area contributed by atoms with Crippen molar-refractivity contribution in [1.82, 2.24) is 15.6 Å². The molecule has 8 nitrogen and oxygen atoms in total. The maximum absolute atomic E-state index is 13.3. The van der Waals surface area contributed by atoms with Gasteiger partial charge in [-0.25, -0.2) is 18.2 Å². The predicted octanol–water partition coefficient (Wildman–Crippen LogP) is 4.61. The van der Waals surface area contributed by atoms with Gasteiger partial charge in [-0.15, -0.1) is 0 Å². The summed E-state index contributed by atoms with van der Waals surface area (Å²) in [6.07, 6.45) is 5.15. The molecule has 1 atom stereocenters. The maximum Gasteiger partial charge on any atom is 0.327 e. The number of urea groups is 1. The van der Waals surface area contributed by atoms with E-state index in [-0.39, 0.29) is 31.9 Å². The van der Waals surface area contributed by atoms with Crippen molar-refractivity contribution in [2.24, 2.45) is 5.92 Å². The van der Waals surface area contributed by atoms with E-state index in [0.29, 0.717) is 16.1 Å². The third-order valence-electron chi connectivity index (χ3n) is 6.46. The van der Waals surface area contributed by atoms with Gasteiger partial charge in [0.1, 0.15) is 0 Å². The number of nitrogens with one attached hydrogen (secondary N) is 3. The van der Waals surface area contributed by atoms with Crippen LogP contribution in [0, 0.1) is 5.92 Å². The van der Waals surface area contributed by atoms with Gasteiger partial charge in [0.25, 0.3) is 5.91 Å². The highest BCUT2D eigenvalue weighted by Gasteiger charge is 2.42. The topological polar surface area (TPSA) is 117 Å². The number of rotatable bonds is 7. The number of sulfone groups is 1. The number of aromatic nitrogens is 1. The molecule has 1 saturated carbocycles. The summed E-state index contributed by atoms with van der Waals surface area (Å²) in [5.74, 6) is 0.0750. The largest absolute Gasteiger partial charge is 0.327 e. The molecule has 5 rings (SSSR count). The summed E-state index contributed by atoms with van der Waals surface area (Å²) in [4.78, 5) is 29.2. The summed E-state index contributed by atoms with van der Waals surface area (Å²) >= 11 is 7.15. The predicted molar refractivity (Wildman–Crippen MR) is 137 cm³/mol. The summed E-state index contributed by atoms with van der Waals surface area (Å²) < 4.78 is 27.3. The van der Waals surface area contributed by atoms with Gasteiger partial charge in [-0.1, -0.05) is 47.9 Å². The molecule has 35 heavy (non-hydrogen) atoms. The lowest BCUT2D eigenvalue weighted by molar-refractivity contribution is 0.0967. The number of halogens is 1. The van der Waals surface area contributed by atoms with Gasteiger partial charge in [0.15, 0.2) is 15.0 Å². The fraction of sp³-hybridized carbons (Fsp3) is 0.375. The van der Waals surface area contributed by atoms with Crippen molar-refractivity contribution in [2.75, 3.05) is 17.6 Å². The summed E-state index contributed by atoms with van der Waals surface area (Å²) in [7, 11) is -3.52. The van der Waals surface area contributed by atoms with E-state index in [1.54, 1.807) is 36.4 Å². The van der Waals surface area contributed by atoms with Gasteiger partial charge in [0, 0.05) is 5.54 Å². The summed E-state index contributed by atoms with van der Waals surface area (Å²) in [6.45, 7) is 0.853. The molecule has 11 heteroatoms. The molecule has 2 aliphatic rings. The molecule has 0 bridgehead atoms. The quantitative estimate of drug-likeness (QED) is 0.409. The zero-order valence-electron chi connectivity index (χ0n) is 18.8. The van der Waals surface area contributed by atoms with E-state index >= 15 is 0 Å². The number of thiazole rings is 1. The third-order valence-corrected chi connectivity index (χ3v) is 9.63. The van der Waals surface area contributed by atoms with Crippen LogP contribution in [0.5, 0.6) is 0 Å². The van der Waals surface area contributed by atoms with Crippen LogP contribution < -0.4 is 16.0 Å². The molecule has 0 unspecified atom stereocenters. The maximum atomic E-state index is 13.3. The molecule has 2 heterocycles. The number of benzene rings is 2. The molecule has 2 aromatic carbocycles. The average molecular weight is 533 g/mol. The van der Waals surface area contributed by atoms with Crippen LogP contribution in [0.3, 0.4) is 0 Å². The van der Waals surface area contributed by atoms with Crippen molar-refractivity contribution in [3.05, 3.63) is 53.1 Å². The first kappa shape index (κ1) is 24.2. The monoisotopic (exact) mass is 532 g/mol. The lowest BCUT2D eigenvalue weighted by Crippen LogP contribution is -2.46. The number of hydrogen-bond acceptors (Lipinski definition) is 7. The van der Waals surface area contributed by atoms with Gasteiger partial charge in [0.05, 0.1) is 31.5 Å². The highest BCUT2D eigenvalue weighted by Crippen LogP contribution is 2.41. The van der Waals surface area contributed by atoms with Crippen LogP contribution in [0.25, 0.3) is 10.2 Å². The van der Waals surface area contributed by atoms with Crippen molar-refractivity contribution >= 4 is 60.1 Å². The van der Waals surface area contributed by atoms with Gasteiger partial charge in [-0.05, 0) is 62.1 Å². The Labute approximate surface area is 212 Å². The first-order valence-corrected chi connectivity index (χ1v) is 14.3. The number of imide groups is 1. The molecule has 3 N–H and O–H groups in total. The minimum absolute atomic E-state index is 0.0818. The van der Waals surface area contributed by atoms with E-state index in [9.17, 15) is 18.0 Å². The lowest BCUT2D eigenvalue weighted by Gasteiger charge is -2.29. The Balaban J connectivity index is 1.29. The third kappa shape index (κ3) is 5.50. The molecule has 1 saturated heterocycles. The van der Waals surface area contributed by atoms with Crippen molar-refractivity contribution in [2.45, 2.75) is 42.5 Å². The summed E-state index contributed by atoms with van der Waals surface area (Å²) in [5, 5.41) is 8.73. The van der Waals surface area contributed by atoms with E-state index in [4.69, 9.17) is 11.6 Å². The molecular weight excluding hydrogens is 508 g/mol. The van der Waals surface area contributed by atoms with Gasteiger partial charge in [-0.2, -0.15) is 0 Å². The fourth-order valence-electron chi connectivity index (χ4n) is 4.64. The minimum Gasteiger partial charge on any atom is -0.310 e. The Bertz CT molecular complexity index is 1400. The SMILES string of the molecule is O=C(NC(=O)c1ccccc1Cl)Nc1nc2ccc(S(=O)(=O)C[C@]3(CC4CC4)CCCN3)cc2s1. The Morgan fingerprint density at radius 1 is 1.20 bits per heavy atom. The number of hydrogen-bond donors (Lipinski definition) is 3. The Kier molecular flexibility index (Phi) is 6.56. The van der Waals surface area contributed by atoms with E-state index in [1.165, 1.54) is 18.9 Å². The van der Waals surface area contributed by atoms with Crippen molar-refractivity contribution < 1.29 is 18.0 Å². The fourth-order valence-corrected chi connectivity index (χ4v) is 7.67. The molecule has 3 amide bonds. The second-order valence-corrected chi connectivity index (χ2v) is 12.7. The molecule has 1 aliphatic heterocycles. The Hall–Kier alpha value is -2.53. The first-order valence-electron chi connectivity index (χ1n) is 11.5. The Morgan fingerprint density at radius 2 is 2.00 bits per heavy atom. The molecular formula is C24H25ClN4O4S2. The van der Waals surface area contributed by atoms with Crippen molar-refractivity contribution in [1.29, 1.82) is 0 Å². The van der Waals surface area contributed by atoms with Crippen LogP contribution in [-0.4, -0.2) is 43.2 Å². The zero-order chi connectivity index (χ0) is 24.6.